The first kappa shape index (κ1) is 36.8. The van der Waals surface area contributed by atoms with Crippen LogP contribution in [0.5, 0.6) is 0 Å². The van der Waals surface area contributed by atoms with Gasteiger partial charge in [0.2, 0.25) is 5.91 Å². The fourth-order valence-electron chi connectivity index (χ4n) is 6.01. The van der Waals surface area contributed by atoms with Gasteiger partial charge in [-0.25, -0.2) is 17.6 Å². The average molecular weight is 664 g/mol. The monoisotopic (exact) mass is 663 g/mol. The van der Waals surface area contributed by atoms with Crippen LogP contribution in [-0.4, -0.2) is 52.3 Å². The number of rotatable bonds is 12. The van der Waals surface area contributed by atoms with Gasteiger partial charge in [0.25, 0.3) is 5.56 Å². The topological polar surface area (TPSA) is 91.6 Å². The van der Waals surface area contributed by atoms with E-state index >= 15 is 8.78 Å². The maximum absolute atomic E-state index is 15.4. The fourth-order valence-corrected chi connectivity index (χ4v) is 6.01. The summed E-state index contributed by atoms with van der Waals surface area (Å²) in [5.74, 6) is -5.23. The van der Waals surface area contributed by atoms with E-state index in [9.17, 15) is 28.3 Å². The molecule has 1 aromatic heterocycles. The highest BCUT2D eigenvalue weighted by molar-refractivity contribution is 7.59. The number of pyridine rings is 1. The molecular formula is C34H41F4N3O4S. The lowest BCUT2D eigenvalue weighted by molar-refractivity contribution is -0.138. The number of carboxylic acids is 1. The van der Waals surface area contributed by atoms with Crippen LogP contribution in [0.25, 0.3) is 11.1 Å². The van der Waals surface area contributed by atoms with Crippen LogP contribution >= 0.6 is 13.5 Å². The number of likely N-dealkylation sites (tertiary alicyclic amines) is 1. The van der Waals surface area contributed by atoms with Crippen molar-refractivity contribution in [3.8, 4) is 11.1 Å². The van der Waals surface area contributed by atoms with Crippen LogP contribution in [0.3, 0.4) is 0 Å². The van der Waals surface area contributed by atoms with Gasteiger partial charge in [0.1, 0.15) is 18.0 Å². The number of aryl methyl sites for hydroxylation is 3. The molecule has 1 unspecified atom stereocenters. The number of alkyl halides is 1. The van der Waals surface area contributed by atoms with E-state index in [1.54, 1.807) is 27.0 Å². The third-order valence-corrected chi connectivity index (χ3v) is 8.25. The molecule has 1 fully saturated rings. The molecule has 12 heteroatoms. The van der Waals surface area contributed by atoms with Crippen molar-refractivity contribution in [3.63, 3.8) is 0 Å². The van der Waals surface area contributed by atoms with Gasteiger partial charge < -0.3 is 15.0 Å². The number of hydrogen-bond donors (Lipinski definition) is 2. The zero-order valence-electron chi connectivity index (χ0n) is 26.6. The summed E-state index contributed by atoms with van der Waals surface area (Å²) in [6.07, 6.45) is 0.718. The molecule has 0 aliphatic carbocycles. The molecule has 46 heavy (non-hydrogen) atoms. The first-order valence-corrected chi connectivity index (χ1v) is 15.0. The van der Waals surface area contributed by atoms with Crippen LogP contribution in [0, 0.1) is 44.1 Å². The van der Waals surface area contributed by atoms with Gasteiger partial charge in [0.15, 0.2) is 11.6 Å². The van der Waals surface area contributed by atoms with Crippen molar-refractivity contribution >= 4 is 25.4 Å². The van der Waals surface area contributed by atoms with E-state index in [4.69, 9.17) is 0 Å². The van der Waals surface area contributed by atoms with Crippen LogP contribution in [0.4, 0.5) is 17.6 Å². The van der Waals surface area contributed by atoms with E-state index in [0.717, 1.165) is 17.2 Å². The second kappa shape index (κ2) is 15.3. The fraction of sp³-hybridized carbons (Fsp3) is 0.441. The van der Waals surface area contributed by atoms with E-state index < -0.39 is 59.6 Å². The highest BCUT2D eigenvalue weighted by atomic mass is 32.1. The Kier molecular flexibility index (Phi) is 12.2. The number of carbonyl (C=O) groups excluding carboxylic acids is 1. The van der Waals surface area contributed by atoms with Crippen LogP contribution in [0.1, 0.15) is 66.6 Å². The van der Waals surface area contributed by atoms with Crippen molar-refractivity contribution < 1.29 is 32.3 Å². The number of hydrogen-bond acceptors (Lipinski definition) is 4. The van der Waals surface area contributed by atoms with E-state index in [0.29, 0.717) is 42.7 Å². The second-order valence-electron chi connectivity index (χ2n) is 12.4. The minimum atomic E-state index is -1.49. The number of nitrogens with zero attached hydrogens (tertiary/aromatic N) is 2. The summed E-state index contributed by atoms with van der Waals surface area (Å²) >= 11 is 0. The predicted molar refractivity (Wildman–Crippen MR) is 174 cm³/mol. The van der Waals surface area contributed by atoms with Crippen molar-refractivity contribution in [2.24, 2.45) is 5.92 Å². The summed E-state index contributed by atoms with van der Waals surface area (Å²) in [6.45, 7) is 10.0. The molecular weight excluding hydrogens is 622 g/mol. The van der Waals surface area contributed by atoms with Crippen molar-refractivity contribution in [1.29, 1.82) is 0 Å². The zero-order valence-corrected chi connectivity index (χ0v) is 27.6. The van der Waals surface area contributed by atoms with Gasteiger partial charge in [-0.15, -0.1) is 0 Å². The van der Waals surface area contributed by atoms with Crippen LogP contribution in [0.15, 0.2) is 41.3 Å². The molecule has 250 valence electrons. The van der Waals surface area contributed by atoms with Crippen molar-refractivity contribution in [2.45, 2.75) is 72.1 Å². The SMILES string of the molecule is Cc1cc(=O)n(C(CC(C)C)C(=O)N[C@@H](CC(=O)O)c2cc(-c3c(C)cc(F)cc3C)cc(F)c2F)cc1CCN1CC(F)C1.S. The number of halogens is 4. The molecule has 1 aliphatic heterocycles. The molecule has 0 bridgehead atoms. The number of carbonyl (C=O) groups is 2. The molecule has 1 saturated heterocycles. The Morgan fingerprint density at radius 2 is 1.63 bits per heavy atom. The van der Waals surface area contributed by atoms with Crippen molar-refractivity contribution in [2.75, 3.05) is 19.6 Å². The summed E-state index contributed by atoms with van der Waals surface area (Å²) in [5, 5.41) is 12.3. The minimum Gasteiger partial charge on any atom is -0.481 e. The Balaban J connectivity index is 0.00000576. The Hall–Kier alpha value is -3.64. The largest absolute Gasteiger partial charge is 0.481 e. The van der Waals surface area contributed by atoms with Crippen molar-refractivity contribution in [1.82, 2.24) is 14.8 Å². The van der Waals surface area contributed by atoms with Gasteiger partial charge in [-0.05, 0) is 97.2 Å². The summed E-state index contributed by atoms with van der Waals surface area (Å²) in [6, 6.07) is 3.59. The molecule has 0 spiro atoms. The van der Waals surface area contributed by atoms with E-state index in [1.807, 2.05) is 18.7 Å². The average Bonchev–Trinajstić information content (AvgIpc) is 2.90. The normalized spacial score (nSPS) is 14.8. The number of benzene rings is 2. The number of carboxylic acid groups (broad SMARTS) is 1. The molecule has 4 rings (SSSR count). The molecule has 1 aliphatic rings. The van der Waals surface area contributed by atoms with Gasteiger partial charge in [-0.3, -0.25) is 19.3 Å². The number of nitrogens with one attached hydrogen (secondary N) is 1. The highest BCUT2D eigenvalue weighted by Crippen LogP contribution is 2.34. The van der Waals surface area contributed by atoms with Gasteiger partial charge >= 0.3 is 5.97 Å². The minimum absolute atomic E-state index is 0. The molecule has 2 N–H and O–H groups in total. The third-order valence-electron chi connectivity index (χ3n) is 8.25. The van der Waals surface area contributed by atoms with Gasteiger partial charge in [0.05, 0.1) is 12.5 Å². The first-order valence-electron chi connectivity index (χ1n) is 15.0. The summed E-state index contributed by atoms with van der Waals surface area (Å²) in [5.41, 5.74) is 2.28. The van der Waals surface area contributed by atoms with Crippen LogP contribution < -0.4 is 10.9 Å². The summed E-state index contributed by atoms with van der Waals surface area (Å²) < 4.78 is 58.9. The maximum atomic E-state index is 15.4. The quantitative estimate of drug-likeness (QED) is 0.229. The van der Waals surface area contributed by atoms with Gasteiger partial charge in [0, 0.05) is 37.5 Å². The van der Waals surface area contributed by atoms with Gasteiger partial charge in [-0.2, -0.15) is 13.5 Å². The molecule has 1 amide bonds. The molecule has 2 aromatic carbocycles. The summed E-state index contributed by atoms with van der Waals surface area (Å²) in [4.78, 5) is 40.9. The molecule has 0 radical (unpaired) electrons. The molecule has 2 heterocycles. The van der Waals surface area contributed by atoms with E-state index in [2.05, 4.69) is 5.32 Å². The Labute approximate surface area is 273 Å². The van der Waals surface area contributed by atoms with E-state index in [-0.39, 0.29) is 37.0 Å². The van der Waals surface area contributed by atoms with Gasteiger partial charge in [-0.1, -0.05) is 13.8 Å². The maximum Gasteiger partial charge on any atom is 0.305 e. The zero-order chi connectivity index (χ0) is 33.2. The van der Waals surface area contributed by atoms with Crippen LogP contribution in [0.2, 0.25) is 0 Å². The Bertz CT molecular complexity index is 1630. The highest BCUT2D eigenvalue weighted by Gasteiger charge is 2.30. The Morgan fingerprint density at radius 1 is 1.00 bits per heavy atom. The second-order valence-corrected chi connectivity index (χ2v) is 12.4. The summed E-state index contributed by atoms with van der Waals surface area (Å²) in [7, 11) is 0. The number of amides is 1. The first-order chi connectivity index (χ1) is 21.1. The van der Waals surface area contributed by atoms with Crippen molar-refractivity contribution in [3.05, 3.63) is 92.2 Å². The van der Waals surface area contributed by atoms with E-state index in [1.165, 1.54) is 28.8 Å². The smallest absolute Gasteiger partial charge is 0.305 e. The lowest BCUT2D eigenvalue weighted by Crippen LogP contribution is -2.49. The Morgan fingerprint density at radius 3 is 2.20 bits per heavy atom. The number of aromatic nitrogens is 1. The molecule has 2 atom stereocenters. The third kappa shape index (κ3) is 8.58. The standard InChI is InChI=1S/C34H39F4N3O4.H2S/c1-18(2)8-29(41-15-22(19(3)11-30(41)42)6-7-40-16-25(36)17-40)34(45)39-28(14-31(43)44)26-12-23(13-27(37)33(26)38)32-20(4)9-24(35)10-21(32)5;/h9-13,15,18,25,28-29H,6-8,14,16-17H2,1-5H3,(H,39,45)(H,43,44);1H2/t28-,29?;/m0./s1. The molecule has 0 saturated carbocycles. The predicted octanol–water partition coefficient (Wildman–Crippen LogP) is 6.09. The van der Waals surface area contributed by atoms with Crippen LogP contribution in [-0.2, 0) is 16.0 Å². The number of aliphatic carboxylic acids is 1. The lowest BCUT2D eigenvalue weighted by Gasteiger charge is -2.34. The lowest BCUT2D eigenvalue weighted by atomic mass is 9.91. The molecule has 7 nitrogen and oxygen atoms in total. The molecule has 3 aromatic rings.